The van der Waals surface area contributed by atoms with E-state index in [9.17, 15) is 13.2 Å². The first kappa shape index (κ1) is 24.5. The number of hydrogen-bond acceptors (Lipinski definition) is 3. The van der Waals surface area contributed by atoms with Gasteiger partial charge in [-0.3, -0.25) is 4.79 Å². The Hall–Kier alpha value is -2.18. The van der Waals surface area contributed by atoms with Gasteiger partial charge in [0.25, 0.3) is 0 Å². The molecular formula is C26H36N2O3S. The fourth-order valence-electron chi connectivity index (χ4n) is 4.62. The number of carbonyl (C=O) groups is 1. The zero-order chi connectivity index (χ0) is 23.8. The van der Waals surface area contributed by atoms with Crippen molar-refractivity contribution < 1.29 is 13.2 Å². The number of para-hydroxylation sites is 1. The third-order valence-electron chi connectivity index (χ3n) is 6.90. The fraction of sp³-hybridized carbons (Fsp3) is 0.500. The SMILES string of the molecule is Cc1cc(C)c(C)c(S(=O)(=O)N2CCC(C(=O)Nc3c(C)cccc3C(C)C)CC2)c1C. The van der Waals surface area contributed by atoms with E-state index in [-0.39, 0.29) is 11.8 Å². The number of rotatable bonds is 5. The Morgan fingerprint density at radius 3 is 2.06 bits per heavy atom. The highest BCUT2D eigenvalue weighted by atomic mass is 32.2. The maximum Gasteiger partial charge on any atom is 0.243 e. The van der Waals surface area contributed by atoms with Crippen molar-refractivity contribution in [2.45, 2.75) is 72.1 Å². The molecule has 6 heteroatoms. The first-order chi connectivity index (χ1) is 14.9. The Morgan fingerprint density at radius 1 is 0.969 bits per heavy atom. The van der Waals surface area contributed by atoms with Crippen molar-refractivity contribution >= 4 is 21.6 Å². The van der Waals surface area contributed by atoms with Crippen LogP contribution in [0.4, 0.5) is 5.69 Å². The van der Waals surface area contributed by atoms with Gasteiger partial charge in [-0.25, -0.2) is 8.42 Å². The summed E-state index contributed by atoms with van der Waals surface area (Å²) in [5.74, 6) is 0.0981. The average molecular weight is 457 g/mol. The molecule has 0 bridgehead atoms. The summed E-state index contributed by atoms with van der Waals surface area (Å²) in [4.78, 5) is 13.5. The maximum absolute atomic E-state index is 13.5. The summed E-state index contributed by atoms with van der Waals surface area (Å²) in [5.41, 5.74) is 6.66. The smallest absolute Gasteiger partial charge is 0.243 e. The zero-order valence-electron chi connectivity index (χ0n) is 20.4. The van der Waals surface area contributed by atoms with E-state index >= 15 is 0 Å². The largest absolute Gasteiger partial charge is 0.325 e. The van der Waals surface area contributed by atoms with Gasteiger partial charge in [0.05, 0.1) is 4.90 Å². The lowest BCUT2D eigenvalue weighted by atomic mass is 9.95. The van der Waals surface area contributed by atoms with Crippen molar-refractivity contribution in [2.24, 2.45) is 5.92 Å². The van der Waals surface area contributed by atoms with Gasteiger partial charge >= 0.3 is 0 Å². The molecule has 5 nitrogen and oxygen atoms in total. The summed E-state index contributed by atoms with van der Waals surface area (Å²) < 4.78 is 28.5. The van der Waals surface area contributed by atoms with Crippen LogP contribution in [0.2, 0.25) is 0 Å². The Kier molecular flexibility index (Phi) is 7.15. The molecule has 0 aromatic heterocycles. The van der Waals surface area contributed by atoms with Crippen molar-refractivity contribution in [3.63, 3.8) is 0 Å². The van der Waals surface area contributed by atoms with Crippen LogP contribution in [0.3, 0.4) is 0 Å². The molecule has 3 rings (SSSR count). The lowest BCUT2D eigenvalue weighted by molar-refractivity contribution is -0.120. The van der Waals surface area contributed by atoms with Gasteiger partial charge in [-0.05, 0) is 86.8 Å². The molecule has 1 heterocycles. The summed E-state index contributed by atoms with van der Waals surface area (Å²) in [5, 5.41) is 3.14. The Morgan fingerprint density at radius 2 is 1.53 bits per heavy atom. The normalized spacial score (nSPS) is 15.9. The van der Waals surface area contributed by atoms with Crippen LogP contribution in [0.25, 0.3) is 0 Å². The van der Waals surface area contributed by atoms with Gasteiger partial charge in [0.15, 0.2) is 0 Å². The Bertz CT molecular complexity index is 1100. The fourth-order valence-corrected chi connectivity index (χ4v) is 6.67. The minimum atomic E-state index is -3.60. The van der Waals surface area contributed by atoms with Gasteiger partial charge in [0.1, 0.15) is 0 Å². The molecule has 1 fully saturated rings. The summed E-state index contributed by atoms with van der Waals surface area (Å²) in [6, 6.07) is 8.11. The number of nitrogens with zero attached hydrogens (tertiary/aromatic N) is 1. The van der Waals surface area contributed by atoms with Gasteiger partial charge < -0.3 is 5.32 Å². The highest BCUT2D eigenvalue weighted by molar-refractivity contribution is 7.89. The Labute approximate surface area is 193 Å². The van der Waals surface area contributed by atoms with Gasteiger partial charge in [-0.1, -0.05) is 38.1 Å². The second-order valence-electron chi connectivity index (χ2n) is 9.45. The molecule has 1 N–H and O–H groups in total. The van der Waals surface area contributed by atoms with Crippen LogP contribution in [0.5, 0.6) is 0 Å². The monoisotopic (exact) mass is 456 g/mol. The van der Waals surface area contributed by atoms with E-state index in [0.29, 0.717) is 36.7 Å². The van der Waals surface area contributed by atoms with E-state index in [4.69, 9.17) is 0 Å². The van der Waals surface area contributed by atoms with Gasteiger partial charge in [0, 0.05) is 24.7 Å². The van der Waals surface area contributed by atoms with Crippen molar-refractivity contribution in [1.29, 1.82) is 0 Å². The number of aryl methyl sites for hydroxylation is 3. The maximum atomic E-state index is 13.5. The first-order valence-electron chi connectivity index (χ1n) is 11.4. The van der Waals surface area contributed by atoms with E-state index in [1.165, 1.54) is 0 Å². The van der Waals surface area contributed by atoms with Crippen LogP contribution in [0.15, 0.2) is 29.2 Å². The van der Waals surface area contributed by atoms with E-state index in [0.717, 1.165) is 39.1 Å². The topological polar surface area (TPSA) is 66.5 Å². The molecule has 0 spiro atoms. The molecular weight excluding hydrogens is 420 g/mol. The number of anilines is 1. The second kappa shape index (κ2) is 9.36. The molecule has 0 atom stereocenters. The highest BCUT2D eigenvalue weighted by Crippen LogP contribution is 2.32. The highest BCUT2D eigenvalue weighted by Gasteiger charge is 2.34. The molecule has 2 aromatic carbocycles. The van der Waals surface area contributed by atoms with Crippen molar-refractivity contribution in [1.82, 2.24) is 4.31 Å². The number of piperidine rings is 1. The second-order valence-corrected chi connectivity index (χ2v) is 11.3. The summed E-state index contributed by atoms with van der Waals surface area (Å²) in [6.45, 7) is 14.6. The van der Waals surface area contributed by atoms with E-state index < -0.39 is 10.0 Å². The van der Waals surface area contributed by atoms with E-state index in [1.807, 2.05) is 52.8 Å². The molecule has 2 aromatic rings. The van der Waals surface area contributed by atoms with Crippen LogP contribution in [0.1, 0.15) is 66.0 Å². The molecule has 1 aliphatic heterocycles. The summed E-state index contributed by atoms with van der Waals surface area (Å²) in [7, 11) is -3.60. The quantitative estimate of drug-likeness (QED) is 0.656. The number of sulfonamides is 1. The molecule has 1 amide bonds. The molecule has 32 heavy (non-hydrogen) atoms. The molecule has 0 radical (unpaired) electrons. The standard InChI is InChI=1S/C26H36N2O3S/c1-16(2)23-10-8-9-17(3)24(23)27-26(29)22-11-13-28(14-12-22)32(30,31)25-20(6)18(4)15-19(5)21(25)7/h8-10,15-16,22H,11-14H2,1-7H3,(H,27,29). The van der Waals surface area contributed by atoms with Gasteiger partial charge in [-0.15, -0.1) is 0 Å². The van der Waals surface area contributed by atoms with Gasteiger partial charge in [-0.2, -0.15) is 4.31 Å². The average Bonchev–Trinajstić information content (AvgIpc) is 2.73. The number of hydrogen-bond donors (Lipinski definition) is 1. The molecule has 0 saturated carbocycles. The molecule has 0 unspecified atom stereocenters. The van der Waals surface area contributed by atoms with Crippen LogP contribution in [-0.2, 0) is 14.8 Å². The predicted octanol–water partition coefficient (Wildman–Crippen LogP) is 5.39. The number of amides is 1. The number of carbonyl (C=O) groups excluding carboxylic acids is 1. The third kappa shape index (κ3) is 4.62. The minimum Gasteiger partial charge on any atom is -0.325 e. The predicted molar refractivity (Wildman–Crippen MR) is 131 cm³/mol. The molecule has 0 aliphatic carbocycles. The molecule has 1 aliphatic rings. The van der Waals surface area contributed by atoms with E-state index in [2.05, 4.69) is 25.2 Å². The molecule has 1 saturated heterocycles. The van der Waals surface area contributed by atoms with Crippen LogP contribution >= 0.6 is 0 Å². The Balaban J connectivity index is 1.76. The molecule has 174 valence electrons. The lowest BCUT2D eigenvalue weighted by Crippen LogP contribution is -2.42. The van der Waals surface area contributed by atoms with Crippen LogP contribution in [0, 0.1) is 40.5 Å². The van der Waals surface area contributed by atoms with E-state index in [1.54, 1.807) is 4.31 Å². The summed E-state index contributed by atoms with van der Waals surface area (Å²) in [6.07, 6.45) is 1.05. The van der Waals surface area contributed by atoms with Crippen LogP contribution < -0.4 is 5.32 Å². The van der Waals surface area contributed by atoms with Gasteiger partial charge in [0.2, 0.25) is 15.9 Å². The van der Waals surface area contributed by atoms with Crippen molar-refractivity contribution in [2.75, 3.05) is 18.4 Å². The zero-order valence-corrected chi connectivity index (χ0v) is 21.2. The summed E-state index contributed by atoms with van der Waals surface area (Å²) >= 11 is 0. The first-order valence-corrected chi connectivity index (χ1v) is 12.9. The van der Waals surface area contributed by atoms with Crippen molar-refractivity contribution in [3.8, 4) is 0 Å². The minimum absolute atomic E-state index is 0.0167. The number of nitrogens with one attached hydrogen (secondary N) is 1. The number of benzene rings is 2. The van der Waals surface area contributed by atoms with Crippen LogP contribution in [-0.4, -0.2) is 31.7 Å². The van der Waals surface area contributed by atoms with Crippen molar-refractivity contribution in [3.05, 3.63) is 57.6 Å². The lowest BCUT2D eigenvalue weighted by Gasteiger charge is -2.32. The third-order valence-corrected chi connectivity index (χ3v) is 9.07.